The minimum Gasteiger partial charge on any atom is -0.396 e. The van der Waals surface area contributed by atoms with Crippen molar-refractivity contribution in [2.45, 2.75) is 64.2 Å². The molecule has 0 aromatic rings. The zero-order valence-corrected chi connectivity index (χ0v) is 14.1. The number of hydrogen-bond donors (Lipinski definition) is 2. The van der Waals surface area contributed by atoms with Crippen LogP contribution in [-0.2, 0) is 4.79 Å². The van der Waals surface area contributed by atoms with Crippen molar-refractivity contribution in [3.05, 3.63) is 0 Å². The summed E-state index contributed by atoms with van der Waals surface area (Å²) in [6, 6.07) is 0. The number of carbonyl (C=O) groups excluding carboxylic acids is 1. The van der Waals surface area contributed by atoms with Crippen LogP contribution in [0.3, 0.4) is 0 Å². The van der Waals surface area contributed by atoms with Gasteiger partial charge in [-0.3, -0.25) is 4.79 Å². The third kappa shape index (κ3) is 7.57. The number of likely N-dealkylation sites (tertiary alicyclic amines) is 1. The fourth-order valence-corrected chi connectivity index (χ4v) is 3.02. The molecule has 23 heavy (non-hydrogen) atoms. The molecule has 0 bridgehead atoms. The zero-order chi connectivity index (χ0) is 17.3. The van der Waals surface area contributed by atoms with Gasteiger partial charge >= 0.3 is 0 Å². The van der Waals surface area contributed by atoms with Crippen LogP contribution in [0, 0.1) is 11.8 Å². The summed E-state index contributed by atoms with van der Waals surface area (Å²) >= 11 is 0. The van der Waals surface area contributed by atoms with Crippen molar-refractivity contribution < 1.29 is 23.8 Å². The van der Waals surface area contributed by atoms with E-state index in [1.54, 1.807) is 0 Å². The van der Waals surface area contributed by atoms with E-state index in [-0.39, 0.29) is 37.9 Å². The molecule has 1 aliphatic carbocycles. The summed E-state index contributed by atoms with van der Waals surface area (Å²) in [6.07, 6.45) is 4.39. The Morgan fingerprint density at radius 1 is 1.04 bits per heavy atom. The lowest BCUT2D eigenvalue weighted by Crippen LogP contribution is -2.39. The number of piperidine rings is 1. The first-order chi connectivity index (χ1) is 10.9. The molecular formula is C17H31F2NO3. The first-order valence-electron chi connectivity index (χ1n) is 8.79. The molecule has 2 rings (SSSR count). The Balaban J connectivity index is 0.000000238. The van der Waals surface area contributed by atoms with Crippen LogP contribution in [0.4, 0.5) is 8.78 Å². The van der Waals surface area contributed by atoms with Gasteiger partial charge in [0.15, 0.2) is 0 Å². The van der Waals surface area contributed by atoms with Crippen LogP contribution in [0.25, 0.3) is 0 Å². The number of carbonyl (C=O) groups is 1. The fraction of sp³-hybridized carbons (Fsp3) is 0.941. The van der Waals surface area contributed by atoms with Crippen LogP contribution < -0.4 is 0 Å². The van der Waals surface area contributed by atoms with E-state index in [0.29, 0.717) is 25.2 Å². The van der Waals surface area contributed by atoms with Gasteiger partial charge in [-0.2, -0.15) is 0 Å². The highest BCUT2D eigenvalue weighted by atomic mass is 19.3. The first kappa shape index (κ1) is 20.3. The Labute approximate surface area is 137 Å². The topological polar surface area (TPSA) is 60.8 Å². The van der Waals surface area contributed by atoms with Gasteiger partial charge in [-0.15, -0.1) is 0 Å². The summed E-state index contributed by atoms with van der Waals surface area (Å²) in [6.45, 7) is 4.04. The van der Waals surface area contributed by atoms with Crippen LogP contribution in [0.15, 0.2) is 0 Å². The number of hydrogen-bond acceptors (Lipinski definition) is 3. The quantitative estimate of drug-likeness (QED) is 0.830. The Kier molecular flexibility index (Phi) is 8.99. The molecule has 0 radical (unpaired) electrons. The van der Waals surface area contributed by atoms with Crippen molar-refractivity contribution in [2.75, 3.05) is 26.3 Å². The minimum atomic E-state index is -2.45. The van der Waals surface area contributed by atoms with Crippen LogP contribution in [-0.4, -0.2) is 53.2 Å². The summed E-state index contributed by atoms with van der Waals surface area (Å²) in [5.41, 5.74) is 0. The van der Waals surface area contributed by atoms with Gasteiger partial charge in [0.1, 0.15) is 0 Å². The lowest BCUT2D eigenvalue weighted by atomic mass is 9.87. The summed E-state index contributed by atoms with van der Waals surface area (Å²) in [4.78, 5) is 13.4. The molecule has 0 unspecified atom stereocenters. The van der Waals surface area contributed by atoms with Gasteiger partial charge in [0.2, 0.25) is 11.8 Å². The Hall–Kier alpha value is -0.750. The normalized spacial score (nSPS) is 22.4. The number of amides is 1. The van der Waals surface area contributed by atoms with Gasteiger partial charge < -0.3 is 15.1 Å². The van der Waals surface area contributed by atoms with Crippen LogP contribution >= 0.6 is 0 Å². The van der Waals surface area contributed by atoms with Crippen molar-refractivity contribution in [3.8, 4) is 0 Å². The highest BCUT2D eigenvalue weighted by Crippen LogP contribution is 2.35. The van der Waals surface area contributed by atoms with E-state index < -0.39 is 5.92 Å². The highest BCUT2D eigenvalue weighted by Gasteiger charge is 2.34. The Morgan fingerprint density at radius 3 is 1.96 bits per heavy atom. The molecule has 2 N–H and O–H groups in total. The number of nitrogens with zero attached hydrogens (tertiary/aromatic N) is 1. The van der Waals surface area contributed by atoms with Gasteiger partial charge in [0.05, 0.1) is 0 Å². The van der Waals surface area contributed by atoms with Gasteiger partial charge in [0.25, 0.3) is 0 Å². The number of halogens is 2. The van der Waals surface area contributed by atoms with Crippen molar-refractivity contribution in [2.24, 2.45) is 11.8 Å². The van der Waals surface area contributed by atoms with Gasteiger partial charge in [-0.05, 0) is 43.9 Å². The second-order valence-electron chi connectivity index (χ2n) is 6.74. The third-order valence-corrected chi connectivity index (χ3v) is 4.78. The SMILES string of the molecule is CCCC(=O)N1CCC(CO)CC1.OCC1CCC(F)(F)CC1. The molecule has 1 heterocycles. The number of aliphatic hydroxyl groups is 2. The van der Waals surface area contributed by atoms with E-state index in [1.807, 2.05) is 11.8 Å². The Bertz CT molecular complexity index is 335. The summed E-state index contributed by atoms with van der Waals surface area (Å²) < 4.78 is 24.9. The van der Waals surface area contributed by atoms with E-state index in [4.69, 9.17) is 10.2 Å². The van der Waals surface area contributed by atoms with Gasteiger partial charge in [0, 0.05) is 45.6 Å². The van der Waals surface area contributed by atoms with E-state index in [9.17, 15) is 13.6 Å². The van der Waals surface area contributed by atoms with Crippen LogP contribution in [0.1, 0.15) is 58.3 Å². The minimum absolute atomic E-state index is 0.0434. The molecule has 1 amide bonds. The van der Waals surface area contributed by atoms with E-state index in [0.717, 1.165) is 32.4 Å². The van der Waals surface area contributed by atoms with Gasteiger partial charge in [-0.25, -0.2) is 8.78 Å². The molecule has 0 aromatic carbocycles. The second kappa shape index (κ2) is 10.2. The maximum absolute atomic E-state index is 12.4. The average Bonchev–Trinajstić information content (AvgIpc) is 2.56. The molecule has 0 atom stereocenters. The van der Waals surface area contributed by atoms with Crippen molar-refractivity contribution >= 4 is 5.91 Å². The largest absolute Gasteiger partial charge is 0.396 e. The number of aliphatic hydroxyl groups excluding tert-OH is 2. The molecule has 1 saturated heterocycles. The summed E-state index contributed by atoms with van der Waals surface area (Å²) in [5, 5.41) is 17.5. The molecule has 4 nitrogen and oxygen atoms in total. The maximum Gasteiger partial charge on any atom is 0.248 e. The standard InChI is InChI=1S/C10H19NO2.C7H12F2O/c1-2-3-10(13)11-6-4-9(8-12)5-7-11;8-7(9)3-1-6(5-10)2-4-7/h9,12H,2-8H2,1H3;6,10H,1-5H2. The van der Waals surface area contributed by atoms with Crippen LogP contribution in [0.5, 0.6) is 0 Å². The molecule has 1 aliphatic heterocycles. The van der Waals surface area contributed by atoms with Crippen LogP contribution in [0.2, 0.25) is 0 Å². The molecule has 0 aromatic heterocycles. The van der Waals surface area contributed by atoms with E-state index in [2.05, 4.69) is 0 Å². The molecule has 2 fully saturated rings. The monoisotopic (exact) mass is 335 g/mol. The fourth-order valence-electron chi connectivity index (χ4n) is 3.02. The number of alkyl halides is 2. The van der Waals surface area contributed by atoms with Crippen molar-refractivity contribution in [3.63, 3.8) is 0 Å². The molecule has 0 spiro atoms. The Morgan fingerprint density at radius 2 is 1.52 bits per heavy atom. The smallest absolute Gasteiger partial charge is 0.248 e. The average molecular weight is 335 g/mol. The van der Waals surface area contributed by atoms with Crippen molar-refractivity contribution in [1.82, 2.24) is 4.90 Å². The van der Waals surface area contributed by atoms with Gasteiger partial charge in [-0.1, -0.05) is 6.92 Å². The lowest BCUT2D eigenvalue weighted by Gasteiger charge is -2.31. The number of rotatable bonds is 4. The molecule has 1 saturated carbocycles. The predicted octanol–water partition coefficient (Wildman–Crippen LogP) is 2.82. The van der Waals surface area contributed by atoms with E-state index >= 15 is 0 Å². The molecule has 136 valence electrons. The molecule has 2 aliphatic rings. The zero-order valence-electron chi connectivity index (χ0n) is 14.1. The highest BCUT2D eigenvalue weighted by molar-refractivity contribution is 5.76. The molecular weight excluding hydrogens is 304 g/mol. The van der Waals surface area contributed by atoms with Crippen molar-refractivity contribution in [1.29, 1.82) is 0 Å². The first-order valence-corrected chi connectivity index (χ1v) is 8.79. The predicted molar refractivity (Wildman–Crippen MR) is 85.3 cm³/mol. The van der Waals surface area contributed by atoms with E-state index in [1.165, 1.54) is 0 Å². The summed E-state index contributed by atoms with van der Waals surface area (Å²) in [5.74, 6) is -1.63. The third-order valence-electron chi connectivity index (χ3n) is 4.78. The maximum atomic E-state index is 12.4. The summed E-state index contributed by atoms with van der Waals surface area (Å²) in [7, 11) is 0. The molecule has 6 heteroatoms. The second-order valence-corrected chi connectivity index (χ2v) is 6.74. The lowest BCUT2D eigenvalue weighted by molar-refractivity contribution is -0.132.